The lowest BCUT2D eigenvalue weighted by Crippen LogP contribution is -1.95. The van der Waals surface area contributed by atoms with Crippen molar-refractivity contribution < 1.29 is 14.4 Å². The first-order chi connectivity index (χ1) is 10.1. The maximum absolute atomic E-state index is 11.9. The van der Waals surface area contributed by atoms with Crippen LogP contribution >= 0.6 is 0 Å². The van der Waals surface area contributed by atoms with Gasteiger partial charge in [0.2, 0.25) is 5.78 Å². The summed E-state index contributed by atoms with van der Waals surface area (Å²) in [4.78, 5) is 35.1. The van der Waals surface area contributed by atoms with E-state index in [0.717, 1.165) is 0 Å². The van der Waals surface area contributed by atoms with E-state index in [0.29, 0.717) is 22.3 Å². The van der Waals surface area contributed by atoms with Crippen LogP contribution in [0.5, 0.6) is 0 Å². The van der Waals surface area contributed by atoms with Gasteiger partial charge in [-0.3, -0.25) is 14.4 Å². The second-order valence-corrected chi connectivity index (χ2v) is 4.73. The van der Waals surface area contributed by atoms with Crippen molar-refractivity contribution in [2.24, 2.45) is 0 Å². The SMILES string of the molecule is O=C(C#Cc1ccc2c(c1)C(=O)CC2=O)c1ccccc1. The van der Waals surface area contributed by atoms with Gasteiger partial charge in [-0.15, -0.1) is 0 Å². The summed E-state index contributed by atoms with van der Waals surface area (Å²) in [5, 5.41) is 0. The van der Waals surface area contributed by atoms with Crippen LogP contribution in [-0.4, -0.2) is 17.3 Å². The molecule has 0 saturated carbocycles. The first-order valence-corrected chi connectivity index (χ1v) is 6.47. The van der Waals surface area contributed by atoms with E-state index in [-0.39, 0.29) is 23.8 Å². The third kappa shape index (κ3) is 2.52. The first-order valence-electron chi connectivity index (χ1n) is 6.47. The zero-order valence-corrected chi connectivity index (χ0v) is 11.1. The van der Waals surface area contributed by atoms with Crippen molar-refractivity contribution in [1.29, 1.82) is 0 Å². The van der Waals surface area contributed by atoms with Gasteiger partial charge in [0.1, 0.15) is 0 Å². The molecule has 3 rings (SSSR count). The van der Waals surface area contributed by atoms with Gasteiger partial charge in [0.15, 0.2) is 11.6 Å². The molecule has 0 fully saturated rings. The van der Waals surface area contributed by atoms with Crippen LogP contribution in [0, 0.1) is 11.8 Å². The summed E-state index contributed by atoms with van der Waals surface area (Å²) in [6.07, 6.45) is -0.0742. The van der Waals surface area contributed by atoms with E-state index in [1.165, 1.54) is 0 Å². The van der Waals surface area contributed by atoms with Gasteiger partial charge < -0.3 is 0 Å². The van der Waals surface area contributed by atoms with Crippen molar-refractivity contribution in [3.8, 4) is 11.8 Å². The zero-order valence-electron chi connectivity index (χ0n) is 11.1. The van der Waals surface area contributed by atoms with Gasteiger partial charge in [-0.05, 0) is 24.1 Å². The lowest BCUT2D eigenvalue weighted by atomic mass is 10.1. The Labute approximate surface area is 121 Å². The molecule has 21 heavy (non-hydrogen) atoms. The summed E-state index contributed by atoms with van der Waals surface area (Å²) >= 11 is 0. The Morgan fingerprint density at radius 1 is 0.905 bits per heavy atom. The van der Waals surface area contributed by atoms with Gasteiger partial charge in [0, 0.05) is 22.3 Å². The van der Waals surface area contributed by atoms with Gasteiger partial charge in [-0.1, -0.05) is 36.3 Å². The molecule has 2 aromatic carbocycles. The topological polar surface area (TPSA) is 51.2 Å². The van der Waals surface area contributed by atoms with Crippen LogP contribution in [0.1, 0.15) is 43.1 Å². The predicted molar refractivity (Wildman–Crippen MR) is 77.4 cm³/mol. The van der Waals surface area contributed by atoms with Crippen molar-refractivity contribution in [2.45, 2.75) is 6.42 Å². The zero-order chi connectivity index (χ0) is 14.8. The minimum atomic E-state index is -0.279. The lowest BCUT2D eigenvalue weighted by molar-refractivity contribution is 0.0922. The molecule has 0 spiro atoms. The third-order valence-corrected chi connectivity index (χ3v) is 3.30. The van der Waals surface area contributed by atoms with Crippen molar-refractivity contribution in [2.75, 3.05) is 0 Å². The Balaban J connectivity index is 1.89. The van der Waals surface area contributed by atoms with E-state index in [2.05, 4.69) is 11.8 Å². The molecule has 0 atom stereocenters. The van der Waals surface area contributed by atoms with Gasteiger partial charge in [0.25, 0.3) is 0 Å². The molecule has 0 radical (unpaired) electrons. The standard InChI is InChI=1S/C18H10O3/c19-16(13-4-2-1-3-5-13)9-7-12-6-8-14-15(10-12)18(21)11-17(14)20/h1-6,8,10H,11H2. The van der Waals surface area contributed by atoms with E-state index >= 15 is 0 Å². The van der Waals surface area contributed by atoms with Crippen LogP contribution in [-0.2, 0) is 0 Å². The maximum Gasteiger partial charge on any atom is 0.236 e. The van der Waals surface area contributed by atoms with Crippen LogP contribution < -0.4 is 0 Å². The Morgan fingerprint density at radius 2 is 1.62 bits per heavy atom. The van der Waals surface area contributed by atoms with Gasteiger partial charge in [-0.25, -0.2) is 0 Å². The van der Waals surface area contributed by atoms with Crippen molar-refractivity contribution in [3.63, 3.8) is 0 Å². The molecule has 3 nitrogen and oxygen atoms in total. The summed E-state index contributed by atoms with van der Waals surface area (Å²) in [7, 11) is 0. The van der Waals surface area contributed by atoms with Crippen molar-refractivity contribution in [1.82, 2.24) is 0 Å². The van der Waals surface area contributed by atoms with Crippen molar-refractivity contribution in [3.05, 3.63) is 70.8 Å². The summed E-state index contributed by atoms with van der Waals surface area (Å²) < 4.78 is 0. The number of fused-ring (bicyclic) bond motifs is 1. The fourth-order valence-electron chi connectivity index (χ4n) is 2.22. The van der Waals surface area contributed by atoms with Crippen LogP contribution in [0.4, 0.5) is 0 Å². The Morgan fingerprint density at radius 3 is 2.38 bits per heavy atom. The summed E-state index contributed by atoms with van der Waals surface area (Å²) in [6, 6.07) is 13.6. The number of rotatable bonds is 1. The highest BCUT2D eigenvalue weighted by molar-refractivity contribution is 6.24. The van der Waals surface area contributed by atoms with E-state index in [4.69, 9.17) is 0 Å². The monoisotopic (exact) mass is 274 g/mol. The second kappa shape index (κ2) is 5.18. The number of ketones is 3. The van der Waals surface area contributed by atoms with Crippen LogP contribution in [0.2, 0.25) is 0 Å². The molecule has 0 unspecified atom stereocenters. The van der Waals surface area contributed by atoms with Crippen LogP contribution in [0.3, 0.4) is 0 Å². The van der Waals surface area contributed by atoms with E-state index in [9.17, 15) is 14.4 Å². The lowest BCUT2D eigenvalue weighted by Gasteiger charge is -1.96. The Kier molecular flexibility index (Phi) is 3.21. The quantitative estimate of drug-likeness (QED) is 0.456. The third-order valence-electron chi connectivity index (χ3n) is 3.30. The molecule has 1 aliphatic carbocycles. The van der Waals surface area contributed by atoms with Gasteiger partial charge >= 0.3 is 0 Å². The Bertz CT molecular complexity index is 821. The highest BCUT2D eigenvalue weighted by Gasteiger charge is 2.26. The molecule has 0 amide bonds. The van der Waals surface area contributed by atoms with Gasteiger partial charge in [-0.2, -0.15) is 0 Å². The van der Waals surface area contributed by atoms with Gasteiger partial charge in [0.05, 0.1) is 6.42 Å². The molecule has 0 heterocycles. The van der Waals surface area contributed by atoms with Crippen LogP contribution in [0.25, 0.3) is 0 Å². The predicted octanol–water partition coefficient (Wildman–Crippen LogP) is 2.69. The number of Topliss-reactive ketones (excluding diaryl/α,β-unsaturated/α-hetero) is 3. The highest BCUT2D eigenvalue weighted by Crippen LogP contribution is 2.22. The molecule has 3 heteroatoms. The number of benzene rings is 2. The van der Waals surface area contributed by atoms with E-state index in [1.807, 2.05) is 6.07 Å². The summed E-state index contributed by atoms with van der Waals surface area (Å²) in [5.74, 6) is 4.67. The fourth-order valence-corrected chi connectivity index (χ4v) is 2.22. The normalized spacial score (nSPS) is 12.6. The number of carbonyl (C=O) groups is 3. The van der Waals surface area contributed by atoms with Crippen molar-refractivity contribution >= 4 is 17.3 Å². The highest BCUT2D eigenvalue weighted by atomic mass is 16.2. The fraction of sp³-hybridized carbons (Fsp3) is 0.0556. The minimum absolute atomic E-state index is 0.0742. The molecule has 0 N–H and O–H groups in total. The average molecular weight is 274 g/mol. The van der Waals surface area contributed by atoms with E-state index in [1.54, 1.807) is 42.5 Å². The summed E-state index contributed by atoms with van der Waals surface area (Å²) in [5.41, 5.74) is 1.93. The van der Waals surface area contributed by atoms with E-state index < -0.39 is 0 Å². The number of hydrogen-bond acceptors (Lipinski definition) is 3. The second-order valence-electron chi connectivity index (χ2n) is 4.73. The minimum Gasteiger partial charge on any atom is -0.294 e. The molecule has 100 valence electrons. The molecule has 0 aromatic heterocycles. The molecule has 1 aliphatic rings. The average Bonchev–Trinajstić information content (AvgIpc) is 2.80. The maximum atomic E-state index is 11.9. The number of carbonyl (C=O) groups excluding carboxylic acids is 3. The number of hydrogen-bond donors (Lipinski definition) is 0. The molecule has 0 saturated heterocycles. The summed E-state index contributed by atoms with van der Waals surface area (Å²) in [6.45, 7) is 0. The van der Waals surface area contributed by atoms with Crippen LogP contribution in [0.15, 0.2) is 48.5 Å². The molecular formula is C18H10O3. The molecule has 0 aliphatic heterocycles. The molecule has 0 bridgehead atoms. The molecule has 2 aromatic rings. The Hall–Kier alpha value is -2.99. The largest absolute Gasteiger partial charge is 0.294 e. The smallest absolute Gasteiger partial charge is 0.236 e. The first kappa shape index (κ1) is 13.0. The molecular weight excluding hydrogens is 264 g/mol.